The van der Waals surface area contributed by atoms with E-state index in [9.17, 15) is 0 Å². The highest BCUT2D eigenvalue weighted by atomic mass is 32.1. The van der Waals surface area contributed by atoms with E-state index in [1.165, 1.54) is 12.8 Å². The van der Waals surface area contributed by atoms with Crippen LogP contribution in [0.1, 0.15) is 12.8 Å². The fourth-order valence-corrected chi connectivity index (χ4v) is 1.66. The SMILES string of the molecule is S=c1cc(N2CCCC2)[nH]cn1. The summed E-state index contributed by atoms with van der Waals surface area (Å²) in [6.45, 7) is 2.27. The predicted molar refractivity (Wildman–Crippen MR) is 50.9 cm³/mol. The van der Waals surface area contributed by atoms with Gasteiger partial charge in [0.25, 0.3) is 0 Å². The molecule has 0 aromatic carbocycles. The van der Waals surface area contributed by atoms with E-state index in [4.69, 9.17) is 12.2 Å². The predicted octanol–water partition coefficient (Wildman–Crippen LogP) is 1.74. The summed E-state index contributed by atoms with van der Waals surface area (Å²) in [6, 6.07) is 1.92. The monoisotopic (exact) mass is 181 g/mol. The van der Waals surface area contributed by atoms with Crippen LogP contribution in [0.2, 0.25) is 0 Å². The molecule has 0 radical (unpaired) electrons. The van der Waals surface area contributed by atoms with E-state index >= 15 is 0 Å². The molecule has 0 spiro atoms. The summed E-state index contributed by atoms with van der Waals surface area (Å²) in [7, 11) is 0. The van der Waals surface area contributed by atoms with Gasteiger partial charge in [-0.3, -0.25) is 0 Å². The van der Waals surface area contributed by atoms with Crippen molar-refractivity contribution in [1.29, 1.82) is 0 Å². The minimum Gasteiger partial charge on any atom is -0.358 e. The molecule has 1 aliphatic rings. The Morgan fingerprint density at radius 3 is 2.83 bits per heavy atom. The van der Waals surface area contributed by atoms with Gasteiger partial charge in [-0.25, -0.2) is 4.98 Å². The summed E-state index contributed by atoms with van der Waals surface area (Å²) < 4.78 is 0.663. The Hall–Kier alpha value is -0.900. The van der Waals surface area contributed by atoms with Gasteiger partial charge in [-0.15, -0.1) is 0 Å². The quantitative estimate of drug-likeness (QED) is 0.670. The smallest absolute Gasteiger partial charge is 0.131 e. The van der Waals surface area contributed by atoms with Crippen LogP contribution < -0.4 is 4.90 Å². The zero-order chi connectivity index (χ0) is 8.39. The number of rotatable bonds is 1. The van der Waals surface area contributed by atoms with Crippen molar-refractivity contribution < 1.29 is 0 Å². The third-order valence-electron chi connectivity index (χ3n) is 2.11. The van der Waals surface area contributed by atoms with Crippen LogP contribution >= 0.6 is 12.2 Å². The van der Waals surface area contributed by atoms with Gasteiger partial charge in [0.15, 0.2) is 0 Å². The molecule has 0 bridgehead atoms. The van der Waals surface area contributed by atoms with Gasteiger partial charge in [-0.1, -0.05) is 12.2 Å². The molecule has 2 rings (SSSR count). The first-order valence-electron chi connectivity index (χ1n) is 4.16. The third-order valence-corrected chi connectivity index (χ3v) is 2.33. The number of hydrogen-bond acceptors (Lipinski definition) is 3. The highest BCUT2D eigenvalue weighted by Gasteiger charge is 2.11. The summed E-state index contributed by atoms with van der Waals surface area (Å²) in [5, 5.41) is 0. The molecule has 2 heterocycles. The first-order chi connectivity index (χ1) is 5.86. The summed E-state index contributed by atoms with van der Waals surface area (Å²) in [4.78, 5) is 9.35. The maximum Gasteiger partial charge on any atom is 0.131 e. The minimum absolute atomic E-state index is 0.663. The molecule has 1 aromatic rings. The van der Waals surface area contributed by atoms with Crippen molar-refractivity contribution in [3.05, 3.63) is 17.0 Å². The average Bonchev–Trinajstić information content (AvgIpc) is 2.56. The van der Waals surface area contributed by atoms with E-state index in [-0.39, 0.29) is 0 Å². The average molecular weight is 181 g/mol. The maximum absolute atomic E-state index is 4.98. The number of H-pyrrole nitrogens is 1. The standard InChI is InChI=1S/C8H11N3S/c12-8-5-7(9-6-10-8)11-3-1-2-4-11/h5-6H,1-4H2,(H,9,10,12). The van der Waals surface area contributed by atoms with Crippen LogP contribution in [0, 0.1) is 4.64 Å². The van der Waals surface area contributed by atoms with Crippen LogP contribution in [0.25, 0.3) is 0 Å². The number of nitrogens with one attached hydrogen (secondary N) is 1. The fourth-order valence-electron chi connectivity index (χ4n) is 1.50. The van der Waals surface area contributed by atoms with Gasteiger partial charge >= 0.3 is 0 Å². The van der Waals surface area contributed by atoms with Crippen molar-refractivity contribution >= 4 is 18.0 Å². The molecule has 12 heavy (non-hydrogen) atoms. The number of anilines is 1. The van der Waals surface area contributed by atoms with E-state index in [0.717, 1.165) is 18.9 Å². The summed E-state index contributed by atoms with van der Waals surface area (Å²) >= 11 is 4.98. The van der Waals surface area contributed by atoms with Gasteiger partial charge in [0.1, 0.15) is 10.5 Å². The topological polar surface area (TPSA) is 31.9 Å². The summed E-state index contributed by atoms with van der Waals surface area (Å²) in [5.74, 6) is 1.10. The van der Waals surface area contributed by atoms with Crippen molar-refractivity contribution in [1.82, 2.24) is 9.97 Å². The molecule has 1 saturated heterocycles. The van der Waals surface area contributed by atoms with E-state index < -0.39 is 0 Å². The normalized spacial score (nSPS) is 16.8. The molecule has 3 nitrogen and oxygen atoms in total. The molecule has 0 atom stereocenters. The molecule has 1 fully saturated rings. The van der Waals surface area contributed by atoms with Gasteiger partial charge in [0.2, 0.25) is 0 Å². The first-order valence-corrected chi connectivity index (χ1v) is 4.57. The Bertz CT molecular complexity index is 314. The zero-order valence-electron chi connectivity index (χ0n) is 6.79. The second-order valence-corrected chi connectivity index (χ2v) is 3.38. The largest absolute Gasteiger partial charge is 0.358 e. The Balaban J connectivity index is 2.27. The number of hydrogen-bond donors (Lipinski definition) is 1. The van der Waals surface area contributed by atoms with Crippen LogP contribution in [0.15, 0.2) is 12.4 Å². The van der Waals surface area contributed by atoms with Crippen LogP contribution in [0.4, 0.5) is 5.82 Å². The van der Waals surface area contributed by atoms with E-state index in [2.05, 4.69) is 14.9 Å². The van der Waals surface area contributed by atoms with Gasteiger partial charge in [-0.2, -0.15) is 0 Å². The Kier molecular flexibility index (Phi) is 2.08. The van der Waals surface area contributed by atoms with Gasteiger partial charge in [0.05, 0.1) is 6.33 Å². The van der Waals surface area contributed by atoms with Crippen molar-refractivity contribution in [2.45, 2.75) is 12.8 Å². The fraction of sp³-hybridized carbons (Fsp3) is 0.500. The molecule has 4 heteroatoms. The lowest BCUT2D eigenvalue weighted by molar-refractivity contribution is 0.925. The molecule has 0 amide bonds. The van der Waals surface area contributed by atoms with Crippen molar-refractivity contribution in [3.8, 4) is 0 Å². The molecule has 0 aliphatic carbocycles. The molecule has 0 saturated carbocycles. The molecule has 1 aromatic heterocycles. The Morgan fingerprint density at radius 2 is 2.17 bits per heavy atom. The Morgan fingerprint density at radius 1 is 1.42 bits per heavy atom. The highest BCUT2D eigenvalue weighted by molar-refractivity contribution is 7.71. The molecule has 64 valence electrons. The van der Waals surface area contributed by atoms with E-state index in [0.29, 0.717) is 4.64 Å². The second-order valence-electron chi connectivity index (χ2n) is 2.96. The zero-order valence-corrected chi connectivity index (χ0v) is 7.60. The van der Waals surface area contributed by atoms with Crippen molar-refractivity contribution in [3.63, 3.8) is 0 Å². The Labute approximate surface area is 76.4 Å². The van der Waals surface area contributed by atoms with Crippen LogP contribution in [0.3, 0.4) is 0 Å². The lowest BCUT2D eigenvalue weighted by Gasteiger charge is -2.15. The number of nitrogens with zero attached hydrogens (tertiary/aromatic N) is 2. The molecule has 0 unspecified atom stereocenters. The minimum atomic E-state index is 0.663. The van der Waals surface area contributed by atoms with Crippen LogP contribution in [-0.4, -0.2) is 23.1 Å². The molecule has 1 N–H and O–H groups in total. The second kappa shape index (κ2) is 3.23. The third kappa shape index (κ3) is 1.48. The number of aromatic nitrogens is 2. The van der Waals surface area contributed by atoms with Gasteiger partial charge in [-0.05, 0) is 12.8 Å². The van der Waals surface area contributed by atoms with Crippen molar-refractivity contribution in [2.24, 2.45) is 0 Å². The summed E-state index contributed by atoms with van der Waals surface area (Å²) in [5.41, 5.74) is 0. The van der Waals surface area contributed by atoms with E-state index in [1.807, 2.05) is 6.07 Å². The van der Waals surface area contributed by atoms with Crippen molar-refractivity contribution in [2.75, 3.05) is 18.0 Å². The maximum atomic E-state index is 4.98. The van der Waals surface area contributed by atoms with Crippen LogP contribution in [-0.2, 0) is 0 Å². The summed E-state index contributed by atoms with van der Waals surface area (Å²) in [6.07, 6.45) is 4.22. The lowest BCUT2D eigenvalue weighted by Crippen LogP contribution is -2.18. The molecule has 1 aliphatic heterocycles. The first kappa shape index (κ1) is 7.73. The molecular formula is C8H11N3S. The highest BCUT2D eigenvalue weighted by Crippen LogP contribution is 2.15. The lowest BCUT2D eigenvalue weighted by atomic mass is 10.4. The van der Waals surface area contributed by atoms with Gasteiger partial charge in [0, 0.05) is 19.2 Å². The van der Waals surface area contributed by atoms with Gasteiger partial charge < -0.3 is 9.88 Å². The molecular weight excluding hydrogens is 170 g/mol. The number of aromatic amines is 1. The van der Waals surface area contributed by atoms with E-state index in [1.54, 1.807) is 6.33 Å². The van der Waals surface area contributed by atoms with Crippen LogP contribution in [0.5, 0.6) is 0 Å².